The van der Waals surface area contributed by atoms with E-state index in [2.05, 4.69) is 10.2 Å². The third kappa shape index (κ3) is 4.36. The van der Waals surface area contributed by atoms with Gasteiger partial charge < -0.3 is 15.1 Å². The van der Waals surface area contributed by atoms with Gasteiger partial charge in [0, 0.05) is 57.5 Å². The summed E-state index contributed by atoms with van der Waals surface area (Å²) in [4.78, 5) is 31.4. The molecule has 0 aromatic carbocycles. The second-order valence-corrected chi connectivity index (χ2v) is 7.64. The summed E-state index contributed by atoms with van der Waals surface area (Å²) >= 11 is 1.70. The first-order chi connectivity index (χ1) is 11.2. The van der Waals surface area contributed by atoms with Crippen molar-refractivity contribution in [2.45, 2.75) is 38.3 Å². The van der Waals surface area contributed by atoms with Crippen LogP contribution in [0.25, 0.3) is 0 Å². The van der Waals surface area contributed by atoms with Crippen molar-refractivity contribution >= 4 is 36.0 Å². The van der Waals surface area contributed by atoms with Gasteiger partial charge >= 0.3 is 0 Å². The summed E-state index contributed by atoms with van der Waals surface area (Å²) in [5.41, 5.74) is 0. The zero-order chi connectivity index (χ0) is 16.2. The van der Waals surface area contributed by atoms with Crippen molar-refractivity contribution < 1.29 is 9.59 Å². The highest BCUT2D eigenvalue weighted by Crippen LogP contribution is 2.26. The first-order valence-electron chi connectivity index (χ1n) is 8.81. The third-order valence-corrected chi connectivity index (χ3v) is 6.11. The molecule has 0 aliphatic carbocycles. The van der Waals surface area contributed by atoms with Crippen LogP contribution >= 0.6 is 24.2 Å². The molecule has 3 saturated heterocycles. The number of piperazine rings is 1. The van der Waals surface area contributed by atoms with Crippen molar-refractivity contribution in [3.05, 3.63) is 0 Å². The van der Waals surface area contributed by atoms with Gasteiger partial charge in [-0.25, -0.2) is 0 Å². The minimum absolute atomic E-state index is 0. The van der Waals surface area contributed by atoms with Crippen LogP contribution in [0.15, 0.2) is 0 Å². The number of amides is 2. The molecule has 24 heavy (non-hydrogen) atoms. The first kappa shape index (κ1) is 19.8. The van der Waals surface area contributed by atoms with E-state index in [1.165, 1.54) is 0 Å². The fourth-order valence-electron chi connectivity index (χ4n) is 3.75. The van der Waals surface area contributed by atoms with Crippen LogP contribution in [0.1, 0.15) is 26.2 Å². The topological polar surface area (TPSA) is 55.9 Å². The van der Waals surface area contributed by atoms with Crippen molar-refractivity contribution in [2.75, 3.05) is 50.9 Å². The molecule has 3 aliphatic rings. The van der Waals surface area contributed by atoms with Crippen molar-refractivity contribution in [1.29, 1.82) is 0 Å². The largest absolute Gasteiger partial charge is 0.339 e. The lowest BCUT2D eigenvalue weighted by molar-refractivity contribution is -0.142. The summed E-state index contributed by atoms with van der Waals surface area (Å²) in [6.07, 6.45) is 2.46. The van der Waals surface area contributed by atoms with Crippen LogP contribution < -0.4 is 5.32 Å². The summed E-state index contributed by atoms with van der Waals surface area (Å²) in [7, 11) is 0. The number of halogens is 1. The molecule has 3 fully saturated rings. The summed E-state index contributed by atoms with van der Waals surface area (Å²) in [6.45, 7) is 7.92. The number of thioether (sulfide) groups is 1. The Kier molecular flexibility index (Phi) is 7.65. The van der Waals surface area contributed by atoms with Gasteiger partial charge in [0.15, 0.2) is 0 Å². The number of nitrogens with one attached hydrogen (secondary N) is 1. The molecule has 3 aliphatic heterocycles. The number of carbonyl (C=O) groups is 2. The van der Waals surface area contributed by atoms with E-state index in [1.54, 1.807) is 16.7 Å². The Morgan fingerprint density at radius 2 is 1.96 bits per heavy atom. The molecule has 3 rings (SSSR count). The molecule has 0 bridgehead atoms. The highest BCUT2D eigenvalue weighted by molar-refractivity contribution is 7.99. The van der Waals surface area contributed by atoms with Crippen LogP contribution in [-0.4, -0.2) is 89.5 Å². The average Bonchev–Trinajstić information content (AvgIpc) is 3.25. The van der Waals surface area contributed by atoms with Crippen LogP contribution in [0.2, 0.25) is 0 Å². The van der Waals surface area contributed by atoms with E-state index >= 15 is 0 Å². The van der Waals surface area contributed by atoms with Gasteiger partial charge in [0.1, 0.15) is 6.04 Å². The molecule has 3 heterocycles. The van der Waals surface area contributed by atoms with E-state index in [4.69, 9.17) is 0 Å². The smallest absolute Gasteiger partial charge is 0.246 e. The molecule has 2 unspecified atom stereocenters. The zero-order valence-electron chi connectivity index (χ0n) is 14.4. The number of rotatable bonds is 4. The molecule has 2 amide bonds. The lowest BCUT2D eigenvalue weighted by Gasteiger charge is -2.33. The fraction of sp³-hybridized carbons (Fsp3) is 0.875. The Morgan fingerprint density at radius 3 is 2.67 bits per heavy atom. The Bertz CT molecular complexity index is 448. The summed E-state index contributed by atoms with van der Waals surface area (Å²) < 4.78 is 0. The summed E-state index contributed by atoms with van der Waals surface area (Å²) in [5, 5.41) is 3.38. The first-order valence-corrected chi connectivity index (χ1v) is 9.97. The molecule has 8 heteroatoms. The lowest BCUT2D eigenvalue weighted by atomic mass is 10.2. The molecule has 1 N–H and O–H groups in total. The Hall–Kier alpha value is -0.500. The summed E-state index contributed by atoms with van der Waals surface area (Å²) in [6, 6.07) is 0.260. The van der Waals surface area contributed by atoms with Gasteiger partial charge in [-0.2, -0.15) is 0 Å². The Labute approximate surface area is 155 Å². The van der Waals surface area contributed by atoms with Crippen molar-refractivity contribution in [1.82, 2.24) is 20.0 Å². The molecule has 0 spiro atoms. The molecule has 0 aromatic heterocycles. The Morgan fingerprint density at radius 1 is 1.21 bits per heavy atom. The average molecular weight is 377 g/mol. The maximum absolute atomic E-state index is 12.9. The van der Waals surface area contributed by atoms with Gasteiger partial charge in [-0.3, -0.25) is 14.5 Å². The highest BCUT2D eigenvalue weighted by atomic mass is 35.5. The molecular formula is C16H29ClN4O2S. The zero-order valence-corrected chi connectivity index (χ0v) is 16.0. The Balaban J connectivity index is 0.00000208. The standard InChI is InChI=1S/C16H28N4O2S.ClH/c1-2-3-15(21)20-12-23-11-14(20)16(22)19-7-4-13(10-19)18-8-5-17-6-9-18;/h13-14,17H,2-12H2,1H3;1H. The number of nitrogens with zero attached hydrogens (tertiary/aromatic N) is 3. The minimum atomic E-state index is -0.235. The second-order valence-electron chi connectivity index (χ2n) is 6.64. The molecule has 0 radical (unpaired) electrons. The number of hydrogen-bond donors (Lipinski definition) is 1. The van der Waals surface area contributed by atoms with Gasteiger partial charge in [0.25, 0.3) is 0 Å². The van der Waals surface area contributed by atoms with Crippen LogP contribution in [0.3, 0.4) is 0 Å². The monoisotopic (exact) mass is 376 g/mol. The van der Waals surface area contributed by atoms with E-state index in [-0.39, 0.29) is 30.3 Å². The van der Waals surface area contributed by atoms with Gasteiger partial charge in [-0.05, 0) is 12.8 Å². The summed E-state index contributed by atoms with van der Waals surface area (Å²) in [5.74, 6) is 1.72. The normalized spacial score (nSPS) is 28.0. The predicted octanol–water partition coefficient (Wildman–Crippen LogP) is 0.616. The molecule has 0 aromatic rings. The SMILES string of the molecule is CCCC(=O)N1CSCC1C(=O)N1CCC(N2CCNCC2)C1.Cl. The predicted molar refractivity (Wildman–Crippen MR) is 99.5 cm³/mol. The number of carbonyl (C=O) groups excluding carboxylic acids is 2. The molecule has 138 valence electrons. The van der Waals surface area contributed by atoms with Gasteiger partial charge in [0.2, 0.25) is 11.8 Å². The molecule has 6 nitrogen and oxygen atoms in total. The molecule has 2 atom stereocenters. The van der Waals surface area contributed by atoms with Crippen LogP contribution in [0.5, 0.6) is 0 Å². The van der Waals surface area contributed by atoms with Crippen LogP contribution in [0, 0.1) is 0 Å². The van der Waals surface area contributed by atoms with E-state index < -0.39 is 0 Å². The van der Waals surface area contributed by atoms with Crippen LogP contribution in [-0.2, 0) is 9.59 Å². The number of likely N-dealkylation sites (tertiary alicyclic amines) is 1. The molecule has 0 saturated carbocycles. The number of hydrogen-bond acceptors (Lipinski definition) is 5. The van der Waals surface area contributed by atoms with Crippen LogP contribution in [0.4, 0.5) is 0 Å². The maximum Gasteiger partial charge on any atom is 0.246 e. The van der Waals surface area contributed by atoms with Crippen molar-refractivity contribution in [2.24, 2.45) is 0 Å². The van der Waals surface area contributed by atoms with Gasteiger partial charge in [-0.15, -0.1) is 24.2 Å². The maximum atomic E-state index is 12.9. The van der Waals surface area contributed by atoms with Crippen molar-refractivity contribution in [3.63, 3.8) is 0 Å². The minimum Gasteiger partial charge on any atom is -0.339 e. The lowest BCUT2D eigenvalue weighted by Crippen LogP contribution is -2.51. The quantitative estimate of drug-likeness (QED) is 0.779. The van der Waals surface area contributed by atoms with Crippen molar-refractivity contribution in [3.8, 4) is 0 Å². The van der Waals surface area contributed by atoms with Gasteiger partial charge in [-0.1, -0.05) is 6.92 Å². The highest BCUT2D eigenvalue weighted by Gasteiger charge is 2.39. The molecular weight excluding hydrogens is 348 g/mol. The van der Waals surface area contributed by atoms with E-state index in [1.807, 2.05) is 11.8 Å². The van der Waals surface area contributed by atoms with E-state index in [9.17, 15) is 9.59 Å². The fourth-order valence-corrected chi connectivity index (χ4v) is 4.92. The third-order valence-electron chi connectivity index (χ3n) is 5.09. The van der Waals surface area contributed by atoms with Gasteiger partial charge in [0.05, 0.1) is 5.88 Å². The van der Waals surface area contributed by atoms with E-state index in [0.717, 1.165) is 57.9 Å². The van der Waals surface area contributed by atoms with E-state index in [0.29, 0.717) is 18.3 Å². The second kappa shape index (κ2) is 9.27.